The third kappa shape index (κ3) is 1.97. The van der Waals surface area contributed by atoms with Crippen LogP contribution < -0.4 is 5.73 Å². The molecular formula is C12H14BrN3. The summed E-state index contributed by atoms with van der Waals surface area (Å²) in [6, 6.07) is 8.02. The van der Waals surface area contributed by atoms with E-state index in [9.17, 15) is 0 Å². The molecule has 0 radical (unpaired) electrons. The Labute approximate surface area is 103 Å². The minimum Gasteiger partial charge on any atom is -0.396 e. The maximum Gasteiger partial charge on any atom is 0.0740 e. The number of aromatic nitrogens is 2. The second kappa shape index (κ2) is 4.29. The molecule has 0 saturated heterocycles. The minimum absolute atomic E-state index is 0.349. The van der Waals surface area contributed by atoms with Gasteiger partial charge in [0.2, 0.25) is 0 Å². The van der Waals surface area contributed by atoms with Crippen LogP contribution in [0.3, 0.4) is 0 Å². The van der Waals surface area contributed by atoms with Crippen molar-refractivity contribution in [3.05, 3.63) is 40.6 Å². The first kappa shape index (κ1) is 11.2. The van der Waals surface area contributed by atoms with Crippen LogP contribution >= 0.6 is 15.9 Å². The van der Waals surface area contributed by atoms with Crippen molar-refractivity contribution in [1.29, 1.82) is 0 Å². The fourth-order valence-corrected chi connectivity index (χ4v) is 2.15. The van der Waals surface area contributed by atoms with Crippen LogP contribution in [0.25, 0.3) is 5.69 Å². The fraction of sp³-hybridized carbons (Fsp3) is 0.250. The normalized spacial score (nSPS) is 11.0. The molecular weight excluding hydrogens is 266 g/mol. The number of hydrogen-bond donors (Lipinski definition) is 1. The van der Waals surface area contributed by atoms with Gasteiger partial charge in [-0.3, -0.25) is 0 Å². The van der Waals surface area contributed by atoms with Gasteiger partial charge in [0.1, 0.15) is 0 Å². The molecule has 0 spiro atoms. The zero-order valence-electron chi connectivity index (χ0n) is 9.31. The molecule has 0 aliphatic heterocycles. The maximum absolute atomic E-state index is 5.92. The molecule has 0 aliphatic rings. The van der Waals surface area contributed by atoms with Crippen LogP contribution in [-0.2, 0) is 0 Å². The highest BCUT2D eigenvalue weighted by Crippen LogP contribution is 2.25. The Bertz CT molecular complexity index is 503. The third-order valence-electron chi connectivity index (χ3n) is 2.44. The summed E-state index contributed by atoms with van der Waals surface area (Å²) in [4.78, 5) is 0. The summed E-state index contributed by atoms with van der Waals surface area (Å²) in [7, 11) is 0. The van der Waals surface area contributed by atoms with E-state index in [0.717, 1.165) is 21.5 Å². The first-order valence-electron chi connectivity index (χ1n) is 5.19. The largest absolute Gasteiger partial charge is 0.396 e. The molecule has 0 fully saturated rings. The zero-order valence-corrected chi connectivity index (χ0v) is 10.9. The summed E-state index contributed by atoms with van der Waals surface area (Å²) in [6.07, 6.45) is 1.70. The van der Waals surface area contributed by atoms with Gasteiger partial charge in [-0.05, 0) is 24.1 Å². The smallest absolute Gasteiger partial charge is 0.0740 e. The minimum atomic E-state index is 0.349. The van der Waals surface area contributed by atoms with Crippen LogP contribution in [0.5, 0.6) is 0 Å². The Morgan fingerprint density at radius 1 is 1.38 bits per heavy atom. The van der Waals surface area contributed by atoms with E-state index >= 15 is 0 Å². The second-order valence-electron chi connectivity index (χ2n) is 4.03. The third-order valence-corrected chi connectivity index (χ3v) is 2.93. The van der Waals surface area contributed by atoms with Crippen LogP contribution in [0.15, 0.2) is 34.9 Å². The standard InChI is InChI=1S/C12H14BrN3/c1-8(2)12-11(14)7-15-16(12)10-5-3-4-9(13)6-10/h3-8H,14H2,1-2H3. The predicted molar refractivity (Wildman–Crippen MR) is 69.8 cm³/mol. The van der Waals surface area contributed by atoms with Gasteiger partial charge in [-0.25, -0.2) is 4.68 Å². The van der Waals surface area contributed by atoms with Gasteiger partial charge in [-0.1, -0.05) is 35.8 Å². The lowest BCUT2D eigenvalue weighted by Gasteiger charge is -2.11. The Morgan fingerprint density at radius 2 is 2.12 bits per heavy atom. The van der Waals surface area contributed by atoms with E-state index in [1.54, 1.807) is 6.20 Å². The predicted octanol–water partition coefficient (Wildman–Crippen LogP) is 3.34. The van der Waals surface area contributed by atoms with Crippen molar-refractivity contribution >= 4 is 21.6 Å². The fourth-order valence-electron chi connectivity index (χ4n) is 1.76. The Hall–Kier alpha value is -1.29. The van der Waals surface area contributed by atoms with E-state index < -0.39 is 0 Å². The van der Waals surface area contributed by atoms with Gasteiger partial charge >= 0.3 is 0 Å². The summed E-state index contributed by atoms with van der Waals surface area (Å²) in [5.74, 6) is 0.349. The molecule has 0 bridgehead atoms. The van der Waals surface area contributed by atoms with E-state index in [1.807, 2.05) is 28.9 Å². The summed E-state index contributed by atoms with van der Waals surface area (Å²) in [5, 5.41) is 4.32. The molecule has 1 heterocycles. The molecule has 3 nitrogen and oxygen atoms in total. The summed E-state index contributed by atoms with van der Waals surface area (Å²) in [6.45, 7) is 4.23. The van der Waals surface area contributed by atoms with Crippen LogP contribution in [0.4, 0.5) is 5.69 Å². The van der Waals surface area contributed by atoms with Crippen LogP contribution in [-0.4, -0.2) is 9.78 Å². The summed E-state index contributed by atoms with van der Waals surface area (Å²) >= 11 is 3.46. The highest BCUT2D eigenvalue weighted by molar-refractivity contribution is 9.10. The van der Waals surface area contributed by atoms with E-state index in [-0.39, 0.29) is 0 Å². The molecule has 0 unspecified atom stereocenters. The molecule has 4 heteroatoms. The van der Waals surface area contributed by atoms with Crippen molar-refractivity contribution in [3.63, 3.8) is 0 Å². The SMILES string of the molecule is CC(C)c1c(N)cnn1-c1cccc(Br)c1. The lowest BCUT2D eigenvalue weighted by atomic mass is 10.1. The first-order valence-corrected chi connectivity index (χ1v) is 5.98. The average Bonchev–Trinajstić information content (AvgIpc) is 2.60. The highest BCUT2D eigenvalue weighted by Gasteiger charge is 2.13. The van der Waals surface area contributed by atoms with Crippen LogP contribution in [0, 0.1) is 0 Å². The molecule has 1 aromatic carbocycles. The molecule has 0 saturated carbocycles. The van der Waals surface area contributed by atoms with Crippen molar-refractivity contribution < 1.29 is 0 Å². The molecule has 16 heavy (non-hydrogen) atoms. The number of hydrogen-bond acceptors (Lipinski definition) is 2. The van der Waals surface area contributed by atoms with Gasteiger partial charge in [0.05, 0.1) is 23.3 Å². The molecule has 0 aliphatic carbocycles. The number of anilines is 1. The summed E-state index contributed by atoms with van der Waals surface area (Å²) < 4.78 is 2.93. The van der Waals surface area contributed by atoms with Crippen molar-refractivity contribution in [2.75, 3.05) is 5.73 Å². The molecule has 84 valence electrons. The van der Waals surface area contributed by atoms with Crippen LogP contribution in [0.2, 0.25) is 0 Å². The highest BCUT2D eigenvalue weighted by atomic mass is 79.9. The quantitative estimate of drug-likeness (QED) is 0.916. The Kier molecular flexibility index (Phi) is 3.01. The van der Waals surface area contributed by atoms with Gasteiger partial charge < -0.3 is 5.73 Å². The van der Waals surface area contributed by atoms with Gasteiger partial charge in [0.15, 0.2) is 0 Å². The van der Waals surface area contributed by atoms with Crippen molar-refractivity contribution in [2.24, 2.45) is 0 Å². The Balaban J connectivity index is 2.56. The van der Waals surface area contributed by atoms with Crippen molar-refractivity contribution in [2.45, 2.75) is 19.8 Å². The van der Waals surface area contributed by atoms with Gasteiger partial charge in [-0.2, -0.15) is 5.10 Å². The number of halogens is 1. The van der Waals surface area contributed by atoms with Crippen molar-refractivity contribution in [3.8, 4) is 5.69 Å². The molecule has 0 amide bonds. The van der Waals surface area contributed by atoms with Crippen LogP contribution in [0.1, 0.15) is 25.5 Å². The van der Waals surface area contributed by atoms with Crippen molar-refractivity contribution in [1.82, 2.24) is 9.78 Å². The van der Waals surface area contributed by atoms with Gasteiger partial charge in [0, 0.05) is 4.47 Å². The zero-order chi connectivity index (χ0) is 11.7. The molecule has 2 rings (SSSR count). The number of nitrogen functional groups attached to an aromatic ring is 1. The van der Waals surface area contributed by atoms with E-state index in [4.69, 9.17) is 5.73 Å². The Morgan fingerprint density at radius 3 is 2.75 bits per heavy atom. The maximum atomic E-state index is 5.92. The molecule has 2 aromatic rings. The lowest BCUT2D eigenvalue weighted by Crippen LogP contribution is -2.05. The van der Waals surface area contributed by atoms with E-state index in [0.29, 0.717) is 5.92 Å². The summed E-state index contributed by atoms with van der Waals surface area (Å²) in [5.41, 5.74) is 8.74. The lowest BCUT2D eigenvalue weighted by molar-refractivity contribution is 0.736. The second-order valence-corrected chi connectivity index (χ2v) is 4.95. The number of nitrogens with two attached hydrogens (primary N) is 1. The first-order chi connectivity index (χ1) is 7.59. The van der Waals surface area contributed by atoms with E-state index in [1.165, 1.54) is 0 Å². The van der Waals surface area contributed by atoms with Gasteiger partial charge in [0.25, 0.3) is 0 Å². The number of benzene rings is 1. The molecule has 1 aromatic heterocycles. The topological polar surface area (TPSA) is 43.8 Å². The number of nitrogens with zero attached hydrogens (tertiary/aromatic N) is 2. The average molecular weight is 280 g/mol. The monoisotopic (exact) mass is 279 g/mol. The van der Waals surface area contributed by atoms with Gasteiger partial charge in [-0.15, -0.1) is 0 Å². The molecule has 2 N–H and O–H groups in total. The van der Waals surface area contributed by atoms with E-state index in [2.05, 4.69) is 34.9 Å². The number of rotatable bonds is 2. The molecule has 0 atom stereocenters.